The highest BCUT2D eigenvalue weighted by Crippen LogP contribution is 2.24. The molecule has 156 valence electrons. The van der Waals surface area contributed by atoms with E-state index in [2.05, 4.69) is 4.98 Å². The number of carbonyl (C=O) groups is 1. The van der Waals surface area contributed by atoms with Crippen LogP contribution in [0.25, 0.3) is 11.7 Å². The molecule has 8 nitrogen and oxygen atoms in total. The molecule has 1 amide bonds. The number of carbonyl (C=O) groups excluding carboxylic acids is 1. The third-order valence-electron chi connectivity index (χ3n) is 4.91. The Bertz CT molecular complexity index is 1250. The summed E-state index contributed by atoms with van der Waals surface area (Å²) in [4.78, 5) is 32.0. The molecule has 0 radical (unpaired) electrons. The highest BCUT2D eigenvalue weighted by Gasteiger charge is 2.22. The molecule has 2 aromatic heterocycles. The van der Waals surface area contributed by atoms with Crippen molar-refractivity contribution >= 4 is 17.6 Å². The fourth-order valence-electron chi connectivity index (χ4n) is 3.22. The van der Waals surface area contributed by atoms with Crippen LogP contribution in [0.3, 0.4) is 0 Å². The summed E-state index contributed by atoms with van der Waals surface area (Å²) >= 11 is 0. The highest BCUT2D eigenvalue weighted by molar-refractivity contribution is 6.02. The van der Waals surface area contributed by atoms with Crippen LogP contribution in [0.15, 0.2) is 59.0 Å². The highest BCUT2D eigenvalue weighted by atomic mass is 16.5. The number of hydrogen-bond acceptors (Lipinski definition) is 6. The number of benzene rings is 1. The van der Waals surface area contributed by atoms with Crippen LogP contribution in [0.4, 0.5) is 0 Å². The number of pyridine rings is 1. The second-order valence-corrected chi connectivity index (χ2v) is 7.05. The van der Waals surface area contributed by atoms with Crippen LogP contribution in [0, 0.1) is 18.3 Å². The fraction of sp³-hybridized carbons (Fsp3) is 0.217. The van der Waals surface area contributed by atoms with E-state index in [9.17, 15) is 14.9 Å². The lowest BCUT2D eigenvalue weighted by atomic mass is 10.1. The summed E-state index contributed by atoms with van der Waals surface area (Å²) in [5.74, 6) is 0.0673. The van der Waals surface area contributed by atoms with Crippen molar-refractivity contribution in [2.75, 3.05) is 26.3 Å². The van der Waals surface area contributed by atoms with E-state index in [1.807, 2.05) is 25.1 Å². The molecule has 31 heavy (non-hydrogen) atoms. The lowest BCUT2D eigenvalue weighted by molar-refractivity contribution is -0.130. The zero-order chi connectivity index (χ0) is 21.8. The molecule has 0 unspecified atom stereocenters. The van der Waals surface area contributed by atoms with Gasteiger partial charge in [0.25, 0.3) is 11.5 Å². The molecule has 0 bridgehead atoms. The summed E-state index contributed by atoms with van der Waals surface area (Å²) < 4.78 is 12.5. The number of fused-ring (bicyclic) bond motifs is 1. The number of nitriles is 1. The first-order chi connectivity index (χ1) is 15.1. The van der Waals surface area contributed by atoms with Gasteiger partial charge < -0.3 is 14.4 Å². The quantitative estimate of drug-likeness (QED) is 0.479. The number of amides is 1. The molecule has 4 rings (SSSR count). The van der Waals surface area contributed by atoms with Gasteiger partial charge in [-0.15, -0.1) is 0 Å². The van der Waals surface area contributed by atoms with Crippen LogP contribution in [-0.4, -0.2) is 46.5 Å². The predicted molar refractivity (Wildman–Crippen MR) is 114 cm³/mol. The Labute approximate surface area is 178 Å². The predicted octanol–water partition coefficient (Wildman–Crippen LogP) is 2.56. The normalized spacial score (nSPS) is 14.3. The van der Waals surface area contributed by atoms with Crippen molar-refractivity contribution < 1.29 is 14.3 Å². The minimum atomic E-state index is -0.454. The van der Waals surface area contributed by atoms with E-state index >= 15 is 0 Å². The average Bonchev–Trinajstić information content (AvgIpc) is 2.81. The van der Waals surface area contributed by atoms with Crippen molar-refractivity contribution in [3.63, 3.8) is 0 Å². The first kappa shape index (κ1) is 20.3. The third-order valence-corrected chi connectivity index (χ3v) is 4.91. The maximum atomic E-state index is 13.2. The van der Waals surface area contributed by atoms with E-state index in [0.717, 1.165) is 5.56 Å². The van der Waals surface area contributed by atoms with Crippen molar-refractivity contribution in [2.45, 2.75) is 6.92 Å². The molecule has 0 aliphatic carbocycles. The molecule has 0 saturated carbocycles. The number of ether oxygens (including phenoxy) is 2. The summed E-state index contributed by atoms with van der Waals surface area (Å²) in [5.41, 5.74) is 0.884. The van der Waals surface area contributed by atoms with Crippen molar-refractivity contribution in [1.82, 2.24) is 14.3 Å². The van der Waals surface area contributed by atoms with Gasteiger partial charge in [-0.1, -0.05) is 23.8 Å². The number of hydrogen-bond donors (Lipinski definition) is 0. The Hall–Kier alpha value is -3.96. The summed E-state index contributed by atoms with van der Waals surface area (Å²) in [6.07, 6.45) is 2.84. The Kier molecular flexibility index (Phi) is 5.78. The Morgan fingerprint density at radius 3 is 2.65 bits per heavy atom. The smallest absolute Gasteiger partial charge is 0.269 e. The van der Waals surface area contributed by atoms with Gasteiger partial charge in [0.2, 0.25) is 5.88 Å². The molecular weight excluding hydrogens is 396 g/mol. The van der Waals surface area contributed by atoms with E-state index in [1.165, 1.54) is 15.4 Å². The molecule has 1 fully saturated rings. The van der Waals surface area contributed by atoms with Gasteiger partial charge >= 0.3 is 0 Å². The van der Waals surface area contributed by atoms with E-state index in [1.54, 1.807) is 36.5 Å². The van der Waals surface area contributed by atoms with Gasteiger partial charge in [0.05, 0.1) is 13.2 Å². The van der Waals surface area contributed by atoms with E-state index < -0.39 is 11.5 Å². The standard InChI is InChI=1S/C23H20N4O4/c1-16-5-7-18(8-6-16)31-21-19(23(29)27-9-3-2-4-20(27)25-21)14-17(15-24)22(28)26-10-12-30-13-11-26/h2-9,14H,10-13H2,1H3. The summed E-state index contributed by atoms with van der Waals surface area (Å²) in [6, 6.07) is 14.3. The van der Waals surface area contributed by atoms with Gasteiger partial charge in [-0.2, -0.15) is 10.2 Å². The summed E-state index contributed by atoms with van der Waals surface area (Å²) in [6.45, 7) is 3.55. The maximum Gasteiger partial charge on any atom is 0.269 e. The number of aryl methyl sites for hydroxylation is 1. The van der Waals surface area contributed by atoms with Crippen molar-refractivity contribution in [3.05, 3.63) is 75.7 Å². The van der Waals surface area contributed by atoms with Crippen LogP contribution in [0.1, 0.15) is 11.1 Å². The molecule has 1 aliphatic rings. The molecule has 0 atom stereocenters. The van der Waals surface area contributed by atoms with Crippen molar-refractivity contribution in [3.8, 4) is 17.7 Å². The Balaban J connectivity index is 1.82. The van der Waals surface area contributed by atoms with Gasteiger partial charge in [0.15, 0.2) is 0 Å². The first-order valence-corrected chi connectivity index (χ1v) is 9.81. The van der Waals surface area contributed by atoms with Crippen LogP contribution >= 0.6 is 0 Å². The molecule has 8 heteroatoms. The zero-order valence-electron chi connectivity index (χ0n) is 16.9. The monoisotopic (exact) mass is 416 g/mol. The van der Waals surface area contributed by atoms with Crippen molar-refractivity contribution in [2.24, 2.45) is 0 Å². The van der Waals surface area contributed by atoms with E-state index in [0.29, 0.717) is 37.7 Å². The first-order valence-electron chi connectivity index (χ1n) is 9.81. The molecule has 0 N–H and O–H groups in total. The molecule has 1 saturated heterocycles. The van der Waals surface area contributed by atoms with Crippen molar-refractivity contribution in [1.29, 1.82) is 5.26 Å². The fourth-order valence-corrected chi connectivity index (χ4v) is 3.22. The lowest BCUT2D eigenvalue weighted by Crippen LogP contribution is -2.41. The molecule has 3 aromatic rings. The van der Waals surface area contributed by atoms with Crippen LogP contribution in [0.2, 0.25) is 0 Å². The average molecular weight is 416 g/mol. The van der Waals surface area contributed by atoms with Crippen LogP contribution in [0.5, 0.6) is 11.6 Å². The van der Waals surface area contributed by atoms with Crippen LogP contribution in [-0.2, 0) is 9.53 Å². The zero-order valence-corrected chi connectivity index (χ0v) is 16.9. The third kappa shape index (κ3) is 4.32. The van der Waals surface area contributed by atoms with Crippen LogP contribution < -0.4 is 10.3 Å². The van der Waals surface area contributed by atoms with Gasteiger partial charge in [-0.05, 0) is 37.3 Å². The molecule has 3 heterocycles. The maximum absolute atomic E-state index is 13.2. The lowest BCUT2D eigenvalue weighted by Gasteiger charge is -2.26. The van der Waals surface area contributed by atoms with Gasteiger partial charge in [0, 0.05) is 19.3 Å². The molecular formula is C23H20N4O4. The summed E-state index contributed by atoms with van der Waals surface area (Å²) in [7, 11) is 0. The van der Waals surface area contributed by atoms with E-state index in [4.69, 9.17) is 9.47 Å². The minimum Gasteiger partial charge on any atom is -0.438 e. The Morgan fingerprint density at radius 2 is 1.94 bits per heavy atom. The number of aromatic nitrogens is 2. The van der Waals surface area contributed by atoms with Gasteiger partial charge in [-0.3, -0.25) is 14.0 Å². The molecule has 0 spiro atoms. The van der Waals surface area contributed by atoms with E-state index in [-0.39, 0.29) is 17.0 Å². The number of nitrogens with zero attached hydrogens (tertiary/aromatic N) is 4. The SMILES string of the molecule is Cc1ccc(Oc2nc3ccccn3c(=O)c2C=C(C#N)C(=O)N2CCOCC2)cc1. The number of rotatable bonds is 4. The second kappa shape index (κ2) is 8.81. The Morgan fingerprint density at radius 1 is 1.19 bits per heavy atom. The topological polar surface area (TPSA) is 96.9 Å². The summed E-state index contributed by atoms with van der Waals surface area (Å²) in [5, 5.41) is 9.64. The van der Waals surface area contributed by atoms with Gasteiger partial charge in [0.1, 0.15) is 28.6 Å². The largest absolute Gasteiger partial charge is 0.438 e. The minimum absolute atomic E-state index is 0.0300. The molecule has 1 aromatic carbocycles. The van der Waals surface area contributed by atoms with Gasteiger partial charge in [-0.25, -0.2) is 0 Å². The number of morpholine rings is 1. The molecule has 1 aliphatic heterocycles. The second-order valence-electron chi connectivity index (χ2n) is 7.05.